The molecule has 10 nitrogen and oxygen atoms in total. The largest absolute Gasteiger partial charge is 0.488 e. The average Bonchev–Trinajstić information content (AvgIpc) is 2.97. The third-order valence-electron chi connectivity index (χ3n) is 7.75. The molecule has 2 heterocycles. The lowest BCUT2D eigenvalue weighted by molar-refractivity contribution is -0.144. The Labute approximate surface area is 247 Å². The minimum absolute atomic E-state index is 0.0307. The Hall–Kier alpha value is -4.02. The number of carbonyl (C=O) groups is 2. The van der Waals surface area contributed by atoms with Crippen molar-refractivity contribution in [2.24, 2.45) is 0 Å². The van der Waals surface area contributed by atoms with Gasteiger partial charge >= 0.3 is 5.97 Å². The Morgan fingerprint density at radius 2 is 1.83 bits per heavy atom. The van der Waals surface area contributed by atoms with Crippen LogP contribution in [0.3, 0.4) is 0 Å². The van der Waals surface area contributed by atoms with E-state index in [-0.39, 0.29) is 24.0 Å². The van der Waals surface area contributed by atoms with Gasteiger partial charge < -0.3 is 20.1 Å². The quantitative estimate of drug-likeness (QED) is 0.241. The van der Waals surface area contributed by atoms with Crippen LogP contribution in [-0.4, -0.2) is 83.6 Å². The van der Waals surface area contributed by atoms with Crippen LogP contribution >= 0.6 is 0 Å². The van der Waals surface area contributed by atoms with Gasteiger partial charge in [0.15, 0.2) is 0 Å². The number of aromatic nitrogens is 2. The van der Waals surface area contributed by atoms with Crippen molar-refractivity contribution < 1.29 is 19.1 Å². The standard InChI is InChI=1S/C32H40N6O4/c1-3-41-31(40)21-38-17-15-37(16-18-38)14-8-13-30(39)36-28-19-26-27(20-29(28)42-25-11-7-12-25)33-22-34-32(26)35-23(2)24-9-5-4-6-10-24/h4-6,8-10,13,19-20,22-23,25H,3,7,11-12,14-18,21H2,1-2H3,(H,36,39)(H,33,34,35)/b13-8+/t23-/m1/s1. The molecule has 1 aliphatic heterocycles. The number of nitrogens with one attached hydrogen (secondary N) is 2. The molecule has 2 fully saturated rings. The molecule has 2 aromatic carbocycles. The minimum Gasteiger partial charge on any atom is -0.488 e. The zero-order valence-corrected chi connectivity index (χ0v) is 24.4. The highest BCUT2D eigenvalue weighted by atomic mass is 16.5. The molecule has 1 amide bonds. The van der Waals surface area contributed by atoms with Gasteiger partial charge in [-0.25, -0.2) is 9.97 Å². The number of hydrogen-bond acceptors (Lipinski definition) is 9. The molecule has 1 saturated heterocycles. The summed E-state index contributed by atoms with van der Waals surface area (Å²) in [7, 11) is 0. The van der Waals surface area contributed by atoms with Crippen LogP contribution in [0, 0.1) is 0 Å². The summed E-state index contributed by atoms with van der Waals surface area (Å²) in [6, 6.07) is 14.0. The Balaban J connectivity index is 1.25. The molecule has 1 saturated carbocycles. The molecule has 0 bridgehead atoms. The van der Waals surface area contributed by atoms with E-state index in [1.54, 1.807) is 12.4 Å². The second-order valence-electron chi connectivity index (χ2n) is 10.8. The molecule has 10 heteroatoms. The zero-order valence-electron chi connectivity index (χ0n) is 24.4. The van der Waals surface area contributed by atoms with Crippen molar-refractivity contribution in [1.29, 1.82) is 0 Å². The highest BCUT2D eigenvalue weighted by Crippen LogP contribution is 2.36. The molecule has 222 valence electrons. The van der Waals surface area contributed by atoms with E-state index in [1.807, 2.05) is 43.3 Å². The lowest BCUT2D eigenvalue weighted by Gasteiger charge is -2.33. The SMILES string of the molecule is CCOC(=O)CN1CCN(C/C=C/C(=O)Nc2cc3c(N[C@H](C)c4ccccc4)ncnc3cc2OC2CCC2)CC1. The number of ether oxygens (including phenoxy) is 2. The van der Waals surface area contributed by atoms with Gasteiger partial charge in [-0.1, -0.05) is 36.4 Å². The van der Waals surface area contributed by atoms with Gasteiger partial charge in [-0.05, 0) is 44.7 Å². The van der Waals surface area contributed by atoms with Gasteiger partial charge in [0, 0.05) is 56.3 Å². The van der Waals surface area contributed by atoms with E-state index in [0.29, 0.717) is 37.0 Å². The maximum absolute atomic E-state index is 13.0. The van der Waals surface area contributed by atoms with E-state index in [4.69, 9.17) is 9.47 Å². The highest BCUT2D eigenvalue weighted by molar-refractivity contribution is 6.03. The van der Waals surface area contributed by atoms with Crippen molar-refractivity contribution in [3.05, 3.63) is 66.5 Å². The average molecular weight is 573 g/mol. The van der Waals surface area contributed by atoms with Crippen molar-refractivity contribution in [2.75, 3.05) is 56.5 Å². The van der Waals surface area contributed by atoms with E-state index in [9.17, 15) is 9.59 Å². The van der Waals surface area contributed by atoms with Crippen LogP contribution < -0.4 is 15.4 Å². The first kappa shape index (κ1) is 29.5. The van der Waals surface area contributed by atoms with Gasteiger partial charge in [0.1, 0.15) is 17.9 Å². The summed E-state index contributed by atoms with van der Waals surface area (Å²) >= 11 is 0. The number of esters is 1. The van der Waals surface area contributed by atoms with Crippen LogP contribution in [0.25, 0.3) is 10.9 Å². The number of nitrogens with zero attached hydrogens (tertiary/aromatic N) is 4. The molecule has 1 atom stereocenters. The maximum atomic E-state index is 13.0. The van der Waals surface area contributed by atoms with Gasteiger partial charge in [0.05, 0.1) is 30.5 Å². The first-order valence-corrected chi connectivity index (χ1v) is 14.8. The Bertz CT molecular complexity index is 1390. The third-order valence-corrected chi connectivity index (χ3v) is 7.75. The second kappa shape index (κ2) is 14.2. The maximum Gasteiger partial charge on any atom is 0.320 e. The van der Waals surface area contributed by atoms with E-state index in [1.165, 1.54) is 0 Å². The van der Waals surface area contributed by atoms with E-state index >= 15 is 0 Å². The van der Waals surface area contributed by atoms with Gasteiger partial charge in [0.25, 0.3) is 0 Å². The molecule has 3 aromatic rings. The number of piperazine rings is 1. The normalized spacial score (nSPS) is 17.1. The van der Waals surface area contributed by atoms with Crippen molar-refractivity contribution in [2.45, 2.75) is 45.3 Å². The minimum atomic E-state index is -0.224. The number of amides is 1. The number of anilines is 2. The highest BCUT2D eigenvalue weighted by Gasteiger charge is 2.22. The van der Waals surface area contributed by atoms with Crippen LogP contribution in [0.5, 0.6) is 5.75 Å². The Morgan fingerprint density at radius 3 is 2.55 bits per heavy atom. The lowest BCUT2D eigenvalue weighted by atomic mass is 9.96. The molecule has 0 unspecified atom stereocenters. The van der Waals surface area contributed by atoms with Crippen LogP contribution in [0.4, 0.5) is 11.5 Å². The van der Waals surface area contributed by atoms with Crippen LogP contribution in [0.1, 0.15) is 44.7 Å². The molecule has 1 aliphatic carbocycles. The third kappa shape index (κ3) is 7.83. The molecular weight excluding hydrogens is 532 g/mol. The molecule has 2 N–H and O–H groups in total. The molecule has 1 aromatic heterocycles. The molecule has 42 heavy (non-hydrogen) atoms. The fourth-order valence-corrected chi connectivity index (χ4v) is 5.09. The number of carbonyl (C=O) groups excluding carboxylic acids is 2. The van der Waals surface area contributed by atoms with E-state index < -0.39 is 0 Å². The first-order valence-electron chi connectivity index (χ1n) is 14.8. The molecule has 0 radical (unpaired) electrons. The predicted octanol–water partition coefficient (Wildman–Crippen LogP) is 4.41. The summed E-state index contributed by atoms with van der Waals surface area (Å²) in [6.07, 6.45) is 8.30. The number of rotatable bonds is 12. The monoisotopic (exact) mass is 572 g/mol. The summed E-state index contributed by atoms with van der Waals surface area (Å²) in [5, 5.41) is 7.34. The lowest BCUT2D eigenvalue weighted by Crippen LogP contribution is -2.48. The van der Waals surface area contributed by atoms with Crippen molar-refractivity contribution in [1.82, 2.24) is 19.8 Å². The summed E-state index contributed by atoms with van der Waals surface area (Å²) in [6.45, 7) is 8.52. The topological polar surface area (TPSA) is 109 Å². The van der Waals surface area contributed by atoms with E-state index in [2.05, 4.69) is 49.5 Å². The Morgan fingerprint density at radius 1 is 1.07 bits per heavy atom. The predicted molar refractivity (Wildman–Crippen MR) is 164 cm³/mol. The molecule has 5 rings (SSSR count). The molecular formula is C32H40N6O4. The van der Waals surface area contributed by atoms with Gasteiger partial charge in [-0.2, -0.15) is 0 Å². The van der Waals surface area contributed by atoms with E-state index in [0.717, 1.165) is 61.9 Å². The van der Waals surface area contributed by atoms with Gasteiger partial charge in [-0.15, -0.1) is 0 Å². The Kier molecular flexibility index (Phi) is 9.99. The van der Waals surface area contributed by atoms with Crippen molar-refractivity contribution >= 4 is 34.3 Å². The summed E-state index contributed by atoms with van der Waals surface area (Å²) < 4.78 is 11.3. The number of fused-ring (bicyclic) bond motifs is 1. The zero-order chi connectivity index (χ0) is 29.3. The fourth-order valence-electron chi connectivity index (χ4n) is 5.09. The summed E-state index contributed by atoms with van der Waals surface area (Å²) in [5.74, 6) is 0.905. The second-order valence-corrected chi connectivity index (χ2v) is 10.8. The van der Waals surface area contributed by atoms with Crippen molar-refractivity contribution in [3.8, 4) is 5.75 Å². The van der Waals surface area contributed by atoms with Gasteiger partial charge in [0.2, 0.25) is 5.91 Å². The molecule has 0 spiro atoms. The van der Waals surface area contributed by atoms with Crippen LogP contribution in [-0.2, 0) is 14.3 Å². The van der Waals surface area contributed by atoms with Gasteiger partial charge in [-0.3, -0.25) is 19.4 Å². The first-order chi connectivity index (χ1) is 20.5. The fraction of sp³-hybridized carbons (Fsp3) is 0.438. The van der Waals surface area contributed by atoms with Crippen molar-refractivity contribution in [3.63, 3.8) is 0 Å². The van der Waals surface area contributed by atoms with Crippen LogP contribution in [0.2, 0.25) is 0 Å². The number of benzene rings is 2. The molecule has 2 aliphatic rings. The summed E-state index contributed by atoms with van der Waals surface area (Å²) in [4.78, 5) is 38.1. The summed E-state index contributed by atoms with van der Waals surface area (Å²) in [5.41, 5.74) is 2.49. The van der Waals surface area contributed by atoms with Crippen LogP contribution in [0.15, 0.2) is 60.9 Å². The smallest absolute Gasteiger partial charge is 0.320 e. The number of hydrogen-bond donors (Lipinski definition) is 2.